The summed E-state index contributed by atoms with van der Waals surface area (Å²) in [7, 11) is 0. The lowest BCUT2D eigenvalue weighted by atomic mass is 10.5. The molecule has 0 fully saturated rings. The van der Waals surface area contributed by atoms with E-state index < -0.39 is 14.1 Å². The lowest BCUT2D eigenvalue weighted by Crippen LogP contribution is -2.12. The molecule has 2 heteroatoms. The van der Waals surface area contributed by atoms with E-state index in [1.165, 1.54) is 10.6 Å². The van der Waals surface area contributed by atoms with Gasteiger partial charge < -0.3 is 4.79 Å². The molecule has 0 heterocycles. The van der Waals surface area contributed by atoms with Gasteiger partial charge in [0, 0.05) is 0 Å². The van der Waals surface area contributed by atoms with Gasteiger partial charge >= 0.3 is 0 Å². The summed E-state index contributed by atoms with van der Waals surface area (Å²) >= 11 is -0.600. The molecule has 0 saturated carbocycles. The predicted molar refractivity (Wildman–Crippen MR) is 42.2 cm³/mol. The fourth-order valence-electron chi connectivity index (χ4n) is 0.984. The van der Waals surface area contributed by atoms with Crippen molar-refractivity contribution in [2.45, 2.75) is 36.6 Å². The van der Waals surface area contributed by atoms with Crippen LogP contribution in [0.2, 0.25) is 15.8 Å². The SMILES string of the molecule is C[CH2][Al]([CH2]C)[CH2]C(C)=O. The Morgan fingerprint density at radius 2 is 1.78 bits per heavy atom. The van der Waals surface area contributed by atoms with Crippen molar-refractivity contribution in [3.05, 3.63) is 0 Å². The van der Waals surface area contributed by atoms with Gasteiger partial charge in [-0.05, 0) is 12.2 Å². The van der Waals surface area contributed by atoms with Gasteiger partial charge in [0.05, 0.1) is 0 Å². The Kier molecular flexibility index (Phi) is 5.14. The predicted octanol–water partition coefficient (Wildman–Crippen LogP) is 2.11. The summed E-state index contributed by atoms with van der Waals surface area (Å²) in [6.45, 7) is 6.10. The molecule has 0 atom stereocenters. The van der Waals surface area contributed by atoms with Crippen LogP contribution in [0.5, 0.6) is 0 Å². The van der Waals surface area contributed by atoms with Crippen LogP contribution in [0.1, 0.15) is 20.8 Å². The molecule has 0 aliphatic heterocycles. The molecule has 0 spiro atoms. The molecule has 0 aromatic heterocycles. The first kappa shape index (κ1) is 9.20. The smallest absolute Gasteiger partial charge is 0.271 e. The van der Waals surface area contributed by atoms with E-state index in [1.54, 1.807) is 6.92 Å². The first-order chi connectivity index (χ1) is 4.20. The Balaban J connectivity index is 3.43. The monoisotopic (exact) mass is 142 g/mol. The summed E-state index contributed by atoms with van der Waals surface area (Å²) < 4.78 is 0. The zero-order valence-electron chi connectivity index (χ0n) is 6.61. The fourth-order valence-corrected chi connectivity index (χ4v) is 2.95. The first-order valence-corrected chi connectivity index (χ1v) is 6.15. The van der Waals surface area contributed by atoms with Gasteiger partial charge in [-0.1, -0.05) is 24.4 Å². The lowest BCUT2D eigenvalue weighted by molar-refractivity contribution is -0.115. The summed E-state index contributed by atoms with van der Waals surface area (Å²) in [4.78, 5) is 10.6. The fraction of sp³-hybridized carbons (Fsp3) is 0.857. The van der Waals surface area contributed by atoms with Crippen LogP contribution in [0, 0.1) is 0 Å². The van der Waals surface area contributed by atoms with E-state index in [0.717, 1.165) is 5.28 Å². The maximum atomic E-state index is 10.6. The maximum Gasteiger partial charge on any atom is 0.271 e. The molecule has 0 unspecified atom stereocenters. The Hall–Kier alpha value is 0.202. The molecule has 0 rings (SSSR count). The van der Waals surface area contributed by atoms with E-state index in [2.05, 4.69) is 13.8 Å². The number of carbonyl (C=O) groups is 1. The van der Waals surface area contributed by atoms with E-state index in [9.17, 15) is 4.79 Å². The van der Waals surface area contributed by atoms with Crippen LogP contribution < -0.4 is 0 Å². The average Bonchev–Trinajstić information content (AvgIpc) is 1.82. The van der Waals surface area contributed by atoms with Crippen molar-refractivity contribution in [2.24, 2.45) is 0 Å². The van der Waals surface area contributed by atoms with Gasteiger partial charge in [-0.15, -0.1) is 0 Å². The third kappa shape index (κ3) is 4.69. The van der Waals surface area contributed by atoms with Crippen molar-refractivity contribution >= 4 is 19.9 Å². The highest BCUT2D eigenvalue weighted by Gasteiger charge is 2.12. The number of rotatable bonds is 4. The zero-order chi connectivity index (χ0) is 7.28. The molecule has 0 aromatic rings. The van der Waals surface area contributed by atoms with Crippen molar-refractivity contribution in [3.8, 4) is 0 Å². The quantitative estimate of drug-likeness (QED) is 0.549. The van der Waals surface area contributed by atoms with Crippen molar-refractivity contribution < 1.29 is 4.79 Å². The molecule has 0 aromatic carbocycles. The number of carbonyl (C=O) groups excluding carboxylic acids is 1. The molecular weight excluding hydrogens is 127 g/mol. The van der Waals surface area contributed by atoms with Crippen LogP contribution in [0.4, 0.5) is 0 Å². The van der Waals surface area contributed by atoms with Gasteiger partial charge in [0.15, 0.2) is 0 Å². The topological polar surface area (TPSA) is 17.1 Å². The number of Topliss-reactive ketones (excluding diaryl/α,β-unsaturated/α-hetero) is 1. The van der Waals surface area contributed by atoms with Crippen LogP contribution in [-0.2, 0) is 4.79 Å². The van der Waals surface area contributed by atoms with Crippen LogP contribution in [0.25, 0.3) is 0 Å². The summed E-state index contributed by atoms with van der Waals surface area (Å²) in [6, 6.07) is 0. The van der Waals surface area contributed by atoms with Crippen molar-refractivity contribution in [3.63, 3.8) is 0 Å². The Morgan fingerprint density at radius 1 is 1.33 bits per heavy atom. The Morgan fingerprint density at radius 3 is 1.89 bits per heavy atom. The van der Waals surface area contributed by atoms with E-state index in [4.69, 9.17) is 0 Å². The van der Waals surface area contributed by atoms with E-state index in [-0.39, 0.29) is 0 Å². The normalized spacial score (nSPS) is 9.22. The largest absolute Gasteiger partial charge is 0.301 e. The molecule has 1 nitrogen and oxygen atoms in total. The second kappa shape index (κ2) is 5.02. The summed E-state index contributed by atoms with van der Waals surface area (Å²) in [6.07, 6.45) is 0. The van der Waals surface area contributed by atoms with Crippen LogP contribution in [0.3, 0.4) is 0 Å². The van der Waals surface area contributed by atoms with Gasteiger partial charge in [-0.25, -0.2) is 0 Å². The molecular formula is C7H15AlO. The number of hydrogen-bond donors (Lipinski definition) is 0. The third-order valence-corrected chi connectivity index (χ3v) is 5.19. The van der Waals surface area contributed by atoms with E-state index in [0.29, 0.717) is 5.78 Å². The lowest BCUT2D eigenvalue weighted by Gasteiger charge is -2.00. The van der Waals surface area contributed by atoms with Gasteiger partial charge in [0.25, 0.3) is 14.1 Å². The minimum Gasteiger partial charge on any atom is -0.301 e. The standard InChI is InChI=1S/C3H5O.2C2H5.Al/c1-3(2)4;2*1-2;/h1H2,2H3;2*1H2,2H3;. The Bertz CT molecular complexity index is 86.9. The van der Waals surface area contributed by atoms with E-state index in [1.807, 2.05) is 0 Å². The third-order valence-electron chi connectivity index (χ3n) is 1.73. The van der Waals surface area contributed by atoms with Gasteiger partial charge in [-0.2, -0.15) is 0 Å². The highest BCUT2D eigenvalue weighted by molar-refractivity contribution is 6.62. The molecule has 0 bridgehead atoms. The zero-order valence-corrected chi connectivity index (χ0v) is 7.76. The molecule has 0 radical (unpaired) electrons. The number of ketones is 1. The van der Waals surface area contributed by atoms with Gasteiger partial charge in [-0.3, -0.25) is 0 Å². The molecule has 0 N–H and O–H groups in total. The van der Waals surface area contributed by atoms with Crippen molar-refractivity contribution in [1.29, 1.82) is 0 Å². The van der Waals surface area contributed by atoms with Gasteiger partial charge in [0.2, 0.25) is 0 Å². The Labute approximate surface area is 61.8 Å². The van der Waals surface area contributed by atoms with Gasteiger partial charge in [0.1, 0.15) is 5.78 Å². The molecule has 0 aliphatic carbocycles. The van der Waals surface area contributed by atoms with Crippen molar-refractivity contribution in [2.75, 3.05) is 0 Å². The van der Waals surface area contributed by atoms with Crippen LogP contribution >= 0.6 is 0 Å². The minimum atomic E-state index is -0.600. The molecule has 9 heavy (non-hydrogen) atoms. The first-order valence-electron chi connectivity index (χ1n) is 3.70. The highest BCUT2D eigenvalue weighted by Crippen LogP contribution is 2.03. The second-order valence-electron chi connectivity index (χ2n) is 2.59. The summed E-state index contributed by atoms with van der Waals surface area (Å²) in [5, 5.41) is 3.46. The van der Waals surface area contributed by atoms with Crippen LogP contribution in [0.15, 0.2) is 0 Å². The van der Waals surface area contributed by atoms with E-state index >= 15 is 0 Å². The van der Waals surface area contributed by atoms with Crippen LogP contribution in [-0.4, -0.2) is 19.9 Å². The molecule has 0 saturated heterocycles. The number of hydrogen-bond acceptors (Lipinski definition) is 1. The molecule has 52 valence electrons. The minimum absolute atomic E-state index is 0.385. The van der Waals surface area contributed by atoms with Crippen molar-refractivity contribution in [1.82, 2.24) is 0 Å². The average molecular weight is 142 g/mol. The summed E-state index contributed by atoms with van der Waals surface area (Å²) in [5.41, 5.74) is 0. The molecule has 0 aliphatic rings. The summed E-state index contributed by atoms with van der Waals surface area (Å²) in [5.74, 6) is 0.385. The highest BCUT2D eigenvalue weighted by atomic mass is 27.2. The molecule has 0 amide bonds. The maximum absolute atomic E-state index is 10.6. The second-order valence-corrected chi connectivity index (χ2v) is 6.36.